The van der Waals surface area contributed by atoms with Crippen LogP contribution in [0.4, 0.5) is 5.69 Å². The molecule has 0 fully saturated rings. The lowest BCUT2D eigenvalue weighted by Crippen LogP contribution is -2.16. The Balaban J connectivity index is 0.000000208. The third kappa shape index (κ3) is 9.76. The van der Waals surface area contributed by atoms with Crippen LogP contribution in [0.5, 0.6) is 5.75 Å². The number of hydrogen-bond donors (Lipinski definition) is 4. The van der Waals surface area contributed by atoms with Gasteiger partial charge in [0.2, 0.25) is 0 Å². The number of halogens is 5. The molecule has 0 unspecified atom stereocenters. The molecular formula is C34H24Cl5NO8. The number of rotatable bonds is 7. The SMILES string of the molecule is COc1c(Cl)ccc(Cl)c1C(=O)O.O=C(O)Cc1c(Cl)ccc(Cl)c1Cl.O=C(O)c1ccccc1C(=O)Nc1cccc2ccccc12. The predicted molar refractivity (Wildman–Crippen MR) is 188 cm³/mol. The number of nitrogens with one attached hydrogen (secondary N) is 1. The minimum atomic E-state index is -1.16. The summed E-state index contributed by atoms with van der Waals surface area (Å²) in [5, 5.41) is 32.4. The molecule has 14 heteroatoms. The number of hydrogen-bond acceptors (Lipinski definition) is 5. The topological polar surface area (TPSA) is 150 Å². The smallest absolute Gasteiger partial charge is 0.341 e. The molecule has 0 aromatic heterocycles. The fourth-order valence-electron chi connectivity index (χ4n) is 4.21. The molecule has 0 bridgehead atoms. The van der Waals surface area contributed by atoms with Gasteiger partial charge in [0, 0.05) is 21.7 Å². The Hall–Kier alpha value is -4.51. The number of carboxylic acids is 3. The zero-order chi connectivity index (χ0) is 35.5. The number of aliphatic carboxylic acids is 1. The minimum Gasteiger partial charge on any atom is -0.494 e. The second kappa shape index (κ2) is 17.6. The van der Waals surface area contributed by atoms with E-state index in [0.29, 0.717) is 21.3 Å². The molecule has 9 nitrogen and oxygen atoms in total. The first-order valence-electron chi connectivity index (χ1n) is 13.5. The van der Waals surface area contributed by atoms with Crippen molar-refractivity contribution >= 4 is 98.3 Å². The highest BCUT2D eigenvalue weighted by molar-refractivity contribution is 6.44. The molecule has 0 saturated heterocycles. The molecule has 0 radical (unpaired) electrons. The molecular weight excluding hydrogens is 728 g/mol. The quantitative estimate of drug-likeness (QED) is 0.120. The maximum atomic E-state index is 12.4. The van der Waals surface area contributed by atoms with E-state index in [9.17, 15) is 24.3 Å². The standard InChI is InChI=1S/C18H13NO3.C8H5Cl3O2.C8H6Cl2O3/c20-17(14-9-3-4-10-15(14)18(21)22)19-16-11-5-7-12-6-1-2-8-13(12)16;9-5-1-2-6(10)8(11)4(5)3-7(12)13;1-13-7-5(10)3-2-4(9)6(7)8(11)12/h1-11H,(H,19,20)(H,21,22);1-2H,3H2,(H,12,13);2-3H,1H3,(H,11,12). The van der Waals surface area contributed by atoms with Crippen molar-refractivity contribution in [3.63, 3.8) is 0 Å². The maximum Gasteiger partial charge on any atom is 0.341 e. The molecule has 5 rings (SSSR count). The van der Waals surface area contributed by atoms with E-state index < -0.39 is 23.8 Å². The van der Waals surface area contributed by atoms with E-state index in [2.05, 4.69) is 5.32 Å². The number of amides is 1. The Morgan fingerprint density at radius 2 is 1.21 bits per heavy atom. The highest BCUT2D eigenvalue weighted by Crippen LogP contribution is 2.34. The van der Waals surface area contributed by atoms with E-state index in [4.69, 9.17) is 73.0 Å². The predicted octanol–water partition coefficient (Wildman–Crippen LogP) is 9.76. The number of carbonyl (C=O) groups excluding carboxylic acids is 1. The number of aromatic carboxylic acids is 2. The van der Waals surface area contributed by atoms with Gasteiger partial charge in [-0.1, -0.05) is 107 Å². The van der Waals surface area contributed by atoms with Crippen molar-refractivity contribution in [3.8, 4) is 5.75 Å². The lowest BCUT2D eigenvalue weighted by Gasteiger charge is -2.10. The van der Waals surface area contributed by atoms with Crippen LogP contribution in [0.1, 0.15) is 36.6 Å². The van der Waals surface area contributed by atoms with Crippen LogP contribution in [0, 0.1) is 0 Å². The van der Waals surface area contributed by atoms with Gasteiger partial charge in [0.05, 0.1) is 44.7 Å². The molecule has 248 valence electrons. The molecule has 0 aliphatic carbocycles. The summed E-state index contributed by atoms with van der Waals surface area (Å²) >= 11 is 28.5. The van der Waals surface area contributed by atoms with E-state index in [1.807, 2.05) is 36.4 Å². The normalized spacial score (nSPS) is 10.1. The number of anilines is 1. The minimum absolute atomic E-state index is 0.0137. The summed E-state index contributed by atoms with van der Waals surface area (Å²) in [5.74, 6) is -3.63. The fraction of sp³-hybridized carbons (Fsp3) is 0.0588. The molecule has 0 spiro atoms. The third-order valence-electron chi connectivity index (χ3n) is 6.38. The van der Waals surface area contributed by atoms with Crippen molar-refractivity contribution < 1.29 is 39.2 Å². The van der Waals surface area contributed by atoms with Gasteiger partial charge < -0.3 is 25.4 Å². The van der Waals surface area contributed by atoms with Gasteiger partial charge in [-0.15, -0.1) is 0 Å². The van der Waals surface area contributed by atoms with Crippen LogP contribution in [-0.4, -0.2) is 46.2 Å². The fourth-order valence-corrected chi connectivity index (χ4v) is 5.35. The molecule has 0 aliphatic rings. The average molecular weight is 752 g/mol. The summed E-state index contributed by atoms with van der Waals surface area (Å²) in [4.78, 5) is 44.8. The van der Waals surface area contributed by atoms with Gasteiger partial charge in [0.1, 0.15) is 5.56 Å². The van der Waals surface area contributed by atoms with Crippen molar-refractivity contribution in [2.24, 2.45) is 0 Å². The number of carboxylic acid groups (broad SMARTS) is 3. The van der Waals surface area contributed by atoms with Gasteiger partial charge in [-0.2, -0.15) is 0 Å². The zero-order valence-corrected chi connectivity index (χ0v) is 28.4. The van der Waals surface area contributed by atoms with Crippen LogP contribution in [0.25, 0.3) is 10.8 Å². The molecule has 0 atom stereocenters. The second-order valence-electron chi connectivity index (χ2n) is 9.47. The molecule has 4 N–H and O–H groups in total. The largest absolute Gasteiger partial charge is 0.494 e. The van der Waals surface area contributed by atoms with E-state index >= 15 is 0 Å². The first-order chi connectivity index (χ1) is 22.8. The Kier molecular flexibility index (Phi) is 13.9. The summed E-state index contributed by atoms with van der Waals surface area (Å²) in [5.41, 5.74) is 1.02. The van der Waals surface area contributed by atoms with Crippen molar-refractivity contribution in [2.45, 2.75) is 6.42 Å². The summed E-state index contributed by atoms with van der Waals surface area (Å²) in [6, 6.07) is 25.4. The van der Waals surface area contributed by atoms with Gasteiger partial charge >= 0.3 is 17.9 Å². The Bertz CT molecular complexity index is 2000. The number of ether oxygens (including phenoxy) is 1. The van der Waals surface area contributed by atoms with Gasteiger partial charge in [0.25, 0.3) is 5.91 Å². The molecule has 0 heterocycles. The van der Waals surface area contributed by atoms with Crippen LogP contribution < -0.4 is 10.1 Å². The monoisotopic (exact) mass is 749 g/mol. The van der Waals surface area contributed by atoms with Crippen LogP contribution in [0.15, 0.2) is 91.0 Å². The first kappa shape index (κ1) is 37.9. The van der Waals surface area contributed by atoms with Crippen molar-refractivity contribution in [1.29, 1.82) is 0 Å². The third-order valence-corrected chi connectivity index (χ3v) is 8.19. The molecule has 1 amide bonds. The maximum absolute atomic E-state index is 12.4. The summed E-state index contributed by atoms with van der Waals surface area (Å²) in [6.07, 6.45) is -0.224. The van der Waals surface area contributed by atoms with Crippen molar-refractivity contribution in [3.05, 3.63) is 138 Å². The number of methoxy groups -OCH3 is 1. The van der Waals surface area contributed by atoms with Crippen molar-refractivity contribution in [1.82, 2.24) is 0 Å². The number of carbonyl (C=O) groups is 4. The molecule has 5 aromatic rings. The van der Waals surface area contributed by atoms with E-state index in [1.54, 1.807) is 18.2 Å². The lowest BCUT2D eigenvalue weighted by atomic mass is 10.1. The number of benzene rings is 5. The van der Waals surface area contributed by atoms with Gasteiger partial charge in [-0.25, -0.2) is 9.59 Å². The zero-order valence-electron chi connectivity index (χ0n) is 24.6. The summed E-state index contributed by atoms with van der Waals surface area (Å²) < 4.78 is 4.82. The van der Waals surface area contributed by atoms with Crippen LogP contribution >= 0.6 is 58.0 Å². The number of fused-ring (bicyclic) bond motifs is 1. The summed E-state index contributed by atoms with van der Waals surface area (Å²) in [6.45, 7) is 0. The van der Waals surface area contributed by atoms with Crippen LogP contribution in [0.2, 0.25) is 25.1 Å². The Labute approximate surface area is 299 Å². The average Bonchev–Trinajstić information content (AvgIpc) is 3.06. The highest BCUT2D eigenvalue weighted by Gasteiger charge is 2.18. The van der Waals surface area contributed by atoms with Gasteiger partial charge in [-0.3, -0.25) is 9.59 Å². The molecule has 5 aromatic carbocycles. The van der Waals surface area contributed by atoms with E-state index in [1.165, 1.54) is 43.5 Å². The van der Waals surface area contributed by atoms with Gasteiger partial charge in [0.15, 0.2) is 5.75 Å². The van der Waals surface area contributed by atoms with Crippen LogP contribution in [0.3, 0.4) is 0 Å². The van der Waals surface area contributed by atoms with Gasteiger partial charge in [-0.05, 0) is 47.9 Å². The highest BCUT2D eigenvalue weighted by atomic mass is 35.5. The second-order valence-corrected chi connectivity index (χ2v) is 11.5. The summed E-state index contributed by atoms with van der Waals surface area (Å²) in [7, 11) is 1.34. The first-order valence-corrected chi connectivity index (χ1v) is 15.4. The van der Waals surface area contributed by atoms with Crippen LogP contribution in [-0.2, 0) is 11.2 Å². The molecule has 0 saturated carbocycles. The lowest BCUT2D eigenvalue weighted by molar-refractivity contribution is -0.136. The molecule has 0 aliphatic heterocycles. The van der Waals surface area contributed by atoms with Crippen molar-refractivity contribution in [2.75, 3.05) is 12.4 Å². The Morgan fingerprint density at radius 1 is 0.646 bits per heavy atom. The van der Waals surface area contributed by atoms with E-state index in [0.717, 1.165) is 10.8 Å². The molecule has 48 heavy (non-hydrogen) atoms. The van der Waals surface area contributed by atoms with E-state index in [-0.39, 0.29) is 43.9 Å². The Morgan fingerprint density at radius 3 is 1.81 bits per heavy atom.